The molecule has 0 bridgehead atoms. The molecule has 0 amide bonds. The van der Waals surface area contributed by atoms with Gasteiger partial charge < -0.3 is 5.32 Å². The average Bonchev–Trinajstić information content (AvgIpc) is 2.43. The number of aryl methyl sites for hydroxylation is 1. The molecule has 0 radical (unpaired) electrons. The Morgan fingerprint density at radius 3 is 2.62 bits per heavy atom. The Morgan fingerprint density at radius 2 is 1.95 bits per heavy atom. The van der Waals surface area contributed by atoms with Gasteiger partial charge in [-0.3, -0.25) is 0 Å². The minimum atomic E-state index is -0.265. The third-order valence-electron chi connectivity index (χ3n) is 3.51. The second-order valence-electron chi connectivity index (χ2n) is 5.03. The number of rotatable bonds is 5. The SMILES string of the molecule is CCNC(Cc1cccc(F)c1Br)c1ccc(F)cc1C. The lowest BCUT2D eigenvalue weighted by Gasteiger charge is -2.21. The molecule has 0 aliphatic rings. The van der Waals surface area contributed by atoms with Gasteiger partial charge in [0.2, 0.25) is 0 Å². The monoisotopic (exact) mass is 353 g/mol. The maximum Gasteiger partial charge on any atom is 0.137 e. The first-order valence-electron chi connectivity index (χ1n) is 6.95. The average molecular weight is 354 g/mol. The van der Waals surface area contributed by atoms with Crippen molar-refractivity contribution in [2.45, 2.75) is 26.3 Å². The smallest absolute Gasteiger partial charge is 0.137 e. The largest absolute Gasteiger partial charge is 0.310 e. The molecule has 2 rings (SSSR count). The summed E-state index contributed by atoms with van der Waals surface area (Å²) in [5.41, 5.74) is 2.83. The normalized spacial score (nSPS) is 12.4. The maximum absolute atomic E-state index is 13.6. The molecular formula is C17H18BrF2N. The number of hydrogen-bond acceptors (Lipinski definition) is 1. The summed E-state index contributed by atoms with van der Waals surface area (Å²) in [5, 5.41) is 3.39. The van der Waals surface area contributed by atoms with E-state index in [4.69, 9.17) is 0 Å². The summed E-state index contributed by atoms with van der Waals surface area (Å²) in [4.78, 5) is 0. The van der Waals surface area contributed by atoms with Gasteiger partial charge in [-0.2, -0.15) is 0 Å². The van der Waals surface area contributed by atoms with Crippen LogP contribution in [0.25, 0.3) is 0 Å². The van der Waals surface area contributed by atoms with Crippen LogP contribution in [0, 0.1) is 18.6 Å². The van der Waals surface area contributed by atoms with E-state index in [-0.39, 0.29) is 17.7 Å². The van der Waals surface area contributed by atoms with Crippen molar-refractivity contribution in [3.8, 4) is 0 Å². The topological polar surface area (TPSA) is 12.0 Å². The van der Waals surface area contributed by atoms with Gasteiger partial charge in [-0.15, -0.1) is 0 Å². The summed E-state index contributed by atoms with van der Waals surface area (Å²) in [7, 11) is 0. The van der Waals surface area contributed by atoms with Crippen molar-refractivity contribution in [2.24, 2.45) is 0 Å². The molecule has 1 unspecified atom stereocenters. The number of nitrogens with one attached hydrogen (secondary N) is 1. The predicted octanol–water partition coefficient (Wildman–Crippen LogP) is 4.93. The minimum Gasteiger partial charge on any atom is -0.310 e. The lowest BCUT2D eigenvalue weighted by Crippen LogP contribution is -2.24. The summed E-state index contributed by atoms with van der Waals surface area (Å²) < 4.78 is 27.4. The van der Waals surface area contributed by atoms with Crippen LogP contribution >= 0.6 is 15.9 Å². The molecule has 0 aliphatic heterocycles. The summed E-state index contributed by atoms with van der Waals surface area (Å²) >= 11 is 3.30. The van der Waals surface area contributed by atoms with E-state index in [0.717, 1.165) is 23.2 Å². The van der Waals surface area contributed by atoms with Crippen LogP contribution in [0.5, 0.6) is 0 Å². The first kappa shape index (κ1) is 16.1. The van der Waals surface area contributed by atoms with Gasteiger partial charge in [0.1, 0.15) is 11.6 Å². The first-order chi connectivity index (χ1) is 10.0. The molecular weight excluding hydrogens is 336 g/mol. The van der Waals surface area contributed by atoms with Gasteiger partial charge >= 0.3 is 0 Å². The predicted molar refractivity (Wildman–Crippen MR) is 85.4 cm³/mol. The molecule has 1 atom stereocenters. The molecule has 112 valence electrons. The van der Waals surface area contributed by atoms with Crippen molar-refractivity contribution in [3.63, 3.8) is 0 Å². The van der Waals surface area contributed by atoms with E-state index in [1.165, 1.54) is 18.2 Å². The standard InChI is InChI=1S/C17H18BrF2N/c1-3-21-16(14-8-7-13(19)9-11(14)2)10-12-5-4-6-15(20)17(12)18/h4-9,16,21H,3,10H2,1-2H3. The van der Waals surface area contributed by atoms with Gasteiger partial charge in [-0.25, -0.2) is 8.78 Å². The van der Waals surface area contributed by atoms with Crippen LogP contribution in [-0.2, 0) is 6.42 Å². The summed E-state index contributed by atoms with van der Waals surface area (Å²) in [6, 6.07) is 9.85. The summed E-state index contributed by atoms with van der Waals surface area (Å²) in [6.45, 7) is 4.70. The molecule has 4 heteroatoms. The van der Waals surface area contributed by atoms with Crippen LogP contribution in [0.3, 0.4) is 0 Å². The van der Waals surface area contributed by atoms with Crippen LogP contribution in [0.4, 0.5) is 8.78 Å². The maximum atomic E-state index is 13.6. The summed E-state index contributed by atoms with van der Waals surface area (Å²) in [6.07, 6.45) is 0.638. The number of likely N-dealkylation sites (N-methyl/N-ethyl adjacent to an activating group) is 1. The zero-order chi connectivity index (χ0) is 15.4. The Kier molecular flexibility index (Phi) is 5.48. The van der Waals surface area contributed by atoms with E-state index in [1.54, 1.807) is 12.1 Å². The molecule has 0 aromatic heterocycles. The van der Waals surface area contributed by atoms with Gasteiger partial charge in [0.15, 0.2) is 0 Å². The summed E-state index contributed by atoms with van der Waals surface area (Å²) in [5.74, 6) is -0.503. The molecule has 0 saturated carbocycles. The Morgan fingerprint density at radius 1 is 1.19 bits per heavy atom. The Bertz CT molecular complexity index is 628. The van der Waals surface area contributed by atoms with Crippen molar-refractivity contribution in [2.75, 3.05) is 6.54 Å². The van der Waals surface area contributed by atoms with E-state index in [1.807, 2.05) is 19.9 Å². The van der Waals surface area contributed by atoms with E-state index in [9.17, 15) is 8.78 Å². The molecule has 0 aliphatic carbocycles. The third-order valence-corrected chi connectivity index (χ3v) is 4.40. The molecule has 2 aromatic carbocycles. The van der Waals surface area contributed by atoms with Gasteiger partial charge in [0, 0.05) is 6.04 Å². The first-order valence-corrected chi connectivity index (χ1v) is 7.74. The number of halogens is 3. The van der Waals surface area contributed by atoms with Crippen molar-refractivity contribution in [3.05, 3.63) is 69.2 Å². The highest BCUT2D eigenvalue weighted by Crippen LogP contribution is 2.27. The molecule has 2 aromatic rings. The fraction of sp³-hybridized carbons (Fsp3) is 0.294. The quantitative estimate of drug-likeness (QED) is 0.803. The fourth-order valence-electron chi connectivity index (χ4n) is 2.49. The van der Waals surface area contributed by atoms with E-state index < -0.39 is 0 Å². The highest BCUT2D eigenvalue weighted by atomic mass is 79.9. The Labute approximate surface area is 132 Å². The highest BCUT2D eigenvalue weighted by Gasteiger charge is 2.16. The third kappa shape index (κ3) is 3.89. The van der Waals surface area contributed by atoms with Crippen LogP contribution in [-0.4, -0.2) is 6.54 Å². The lowest BCUT2D eigenvalue weighted by atomic mass is 9.95. The van der Waals surface area contributed by atoms with Gasteiger partial charge in [-0.05, 0) is 70.7 Å². The molecule has 1 N–H and O–H groups in total. The second kappa shape index (κ2) is 7.14. The van der Waals surface area contributed by atoms with Crippen molar-refractivity contribution < 1.29 is 8.78 Å². The number of benzene rings is 2. The van der Waals surface area contributed by atoms with E-state index >= 15 is 0 Å². The van der Waals surface area contributed by atoms with Crippen molar-refractivity contribution in [1.82, 2.24) is 5.32 Å². The van der Waals surface area contributed by atoms with Crippen LogP contribution < -0.4 is 5.32 Å². The Hall–Kier alpha value is -1.26. The van der Waals surface area contributed by atoms with E-state index in [2.05, 4.69) is 21.2 Å². The molecule has 0 saturated heterocycles. The number of hydrogen-bond donors (Lipinski definition) is 1. The van der Waals surface area contributed by atoms with Crippen LogP contribution in [0.1, 0.15) is 29.7 Å². The fourth-order valence-corrected chi connectivity index (χ4v) is 2.92. The van der Waals surface area contributed by atoms with Crippen molar-refractivity contribution in [1.29, 1.82) is 0 Å². The van der Waals surface area contributed by atoms with Crippen LogP contribution in [0.2, 0.25) is 0 Å². The molecule has 0 heterocycles. The zero-order valence-electron chi connectivity index (χ0n) is 12.1. The minimum absolute atomic E-state index is 0.0219. The zero-order valence-corrected chi connectivity index (χ0v) is 13.7. The molecule has 0 spiro atoms. The van der Waals surface area contributed by atoms with Gasteiger partial charge in [0.25, 0.3) is 0 Å². The van der Waals surface area contributed by atoms with Crippen LogP contribution in [0.15, 0.2) is 40.9 Å². The van der Waals surface area contributed by atoms with Gasteiger partial charge in [0.05, 0.1) is 4.47 Å². The Balaban J connectivity index is 2.33. The lowest BCUT2D eigenvalue weighted by molar-refractivity contribution is 0.540. The van der Waals surface area contributed by atoms with Crippen molar-refractivity contribution >= 4 is 15.9 Å². The molecule has 21 heavy (non-hydrogen) atoms. The van der Waals surface area contributed by atoms with E-state index in [0.29, 0.717) is 10.9 Å². The van der Waals surface area contributed by atoms with Gasteiger partial charge in [-0.1, -0.05) is 25.1 Å². The second-order valence-corrected chi connectivity index (χ2v) is 5.82. The highest BCUT2D eigenvalue weighted by molar-refractivity contribution is 9.10. The molecule has 1 nitrogen and oxygen atoms in total. The molecule has 0 fully saturated rings.